The van der Waals surface area contributed by atoms with Gasteiger partial charge in [0.2, 0.25) is 5.91 Å². The number of carbonyl (C=O) groups is 1. The van der Waals surface area contributed by atoms with Crippen LogP contribution in [0, 0.1) is 29.6 Å². The topological polar surface area (TPSA) is 50.4 Å². The monoisotopic (exact) mass is 250 g/mol. The molecule has 0 aromatic rings. The molecule has 18 heavy (non-hydrogen) atoms. The maximum absolute atomic E-state index is 12.2. The van der Waals surface area contributed by atoms with E-state index in [1.165, 1.54) is 19.3 Å². The zero-order valence-electron chi connectivity index (χ0n) is 10.7. The Kier molecular flexibility index (Phi) is 2.62. The first kappa shape index (κ1) is 11.2. The molecule has 5 atom stereocenters. The summed E-state index contributed by atoms with van der Waals surface area (Å²) in [6, 6.07) is 0.304. The van der Waals surface area contributed by atoms with Crippen molar-refractivity contribution in [3.63, 3.8) is 0 Å². The van der Waals surface area contributed by atoms with E-state index in [1.54, 1.807) is 0 Å². The van der Waals surface area contributed by atoms with Gasteiger partial charge in [-0.3, -0.25) is 4.79 Å². The van der Waals surface area contributed by atoms with Crippen LogP contribution in [0.5, 0.6) is 0 Å². The van der Waals surface area contributed by atoms with E-state index in [0.29, 0.717) is 17.9 Å². The van der Waals surface area contributed by atoms with Crippen LogP contribution in [0.25, 0.3) is 0 Å². The fourth-order valence-electron chi connectivity index (χ4n) is 4.77. The Morgan fingerprint density at radius 2 is 2.06 bits per heavy atom. The molecular weight excluding hydrogens is 228 g/mol. The van der Waals surface area contributed by atoms with E-state index in [-0.39, 0.29) is 0 Å². The Hall–Kier alpha value is -0.610. The normalized spacial score (nSPS) is 48.9. The molecule has 0 spiro atoms. The minimum absolute atomic E-state index is 0.304. The van der Waals surface area contributed by atoms with Crippen LogP contribution in [0.1, 0.15) is 19.3 Å². The van der Waals surface area contributed by atoms with E-state index in [9.17, 15) is 4.79 Å². The smallest absolute Gasteiger partial charge is 0.223 e. The Labute approximate surface area is 108 Å². The van der Waals surface area contributed by atoms with Gasteiger partial charge in [-0.25, -0.2) is 0 Å². The summed E-state index contributed by atoms with van der Waals surface area (Å²) >= 11 is 0. The molecule has 2 bridgehead atoms. The first-order valence-electron chi connectivity index (χ1n) is 7.43. The predicted molar refractivity (Wildman–Crippen MR) is 66.9 cm³/mol. The maximum atomic E-state index is 12.2. The Bertz CT molecular complexity index is 338. The summed E-state index contributed by atoms with van der Waals surface area (Å²) < 4.78 is 5.40. The van der Waals surface area contributed by atoms with Gasteiger partial charge in [0.25, 0.3) is 0 Å². The number of fused-ring (bicyclic) bond motifs is 5. The second-order valence-electron chi connectivity index (χ2n) is 6.48. The zero-order valence-corrected chi connectivity index (χ0v) is 10.7. The van der Waals surface area contributed by atoms with Crippen LogP contribution in [0.15, 0.2) is 0 Å². The highest BCUT2D eigenvalue weighted by Crippen LogP contribution is 2.69. The lowest BCUT2D eigenvalue weighted by Gasteiger charge is -2.24. The van der Waals surface area contributed by atoms with E-state index in [2.05, 4.69) is 10.6 Å². The van der Waals surface area contributed by atoms with Crippen LogP contribution >= 0.6 is 0 Å². The number of hydrogen-bond donors (Lipinski definition) is 2. The number of morpholine rings is 1. The highest BCUT2D eigenvalue weighted by Gasteiger charge is 2.67. The average molecular weight is 250 g/mol. The van der Waals surface area contributed by atoms with Crippen LogP contribution in [0.2, 0.25) is 0 Å². The van der Waals surface area contributed by atoms with Gasteiger partial charge in [0.1, 0.15) is 0 Å². The number of ether oxygens (including phenoxy) is 1. The molecule has 4 fully saturated rings. The van der Waals surface area contributed by atoms with Crippen LogP contribution in [0.4, 0.5) is 0 Å². The van der Waals surface area contributed by atoms with E-state index < -0.39 is 0 Å². The van der Waals surface area contributed by atoms with Crippen LogP contribution in [-0.2, 0) is 9.53 Å². The SMILES string of the molecule is O=C(NCC1COCCN1)C1C2C3CCC(C3)C12. The molecule has 3 aliphatic carbocycles. The number of carbonyl (C=O) groups excluding carboxylic acids is 1. The van der Waals surface area contributed by atoms with Gasteiger partial charge < -0.3 is 15.4 Å². The molecule has 1 saturated heterocycles. The molecule has 2 N–H and O–H groups in total. The van der Waals surface area contributed by atoms with Gasteiger partial charge in [0, 0.05) is 25.0 Å². The number of hydrogen-bond acceptors (Lipinski definition) is 3. The summed E-state index contributed by atoms with van der Waals surface area (Å²) in [5, 5.41) is 6.50. The minimum Gasteiger partial charge on any atom is -0.378 e. The second-order valence-corrected chi connectivity index (χ2v) is 6.48. The Morgan fingerprint density at radius 1 is 1.28 bits per heavy atom. The summed E-state index contributed by atoms with van der Waals surface area (Å²) in [7, 11) is 0. The third-order valence-electron chi connectivity index (χ3n) is 5.56. The van der Waals surface area contributed by atoms with Gasteiger partial charge in [0.15, 0.2) is 0 Å². The van der Waals surface area contributed by atoms with Crippen molar-refractivity contribution in [2.75, 3.05) is 26.3 Å². The minimum atomic E-state index is 0.304. The van der Waals surface area contributed by atoms with Crippen molar-refractivity contribution in [2.45, 2.75) is 25.3 Å². The molecule has 4 aliphatic rings. The molecule has 0 aromatic carbocycles. The summed E-state index contributed by atoms with van der Waals surface area (Å²) in [5.74, 6) is 3.94. The standard InChI is InChI=1S/C14H22N2O2/c17-14(16-6-10-7-18-4-3-15-10)13-11-8-1-2-9(5-8)12(11)13/h8-13,15H,1-7H2,(H,16,17). The lowest BCUT2D eigenvalue weighted by Crippen LogP contribution is -2.48. The van der Waals surface area contributed by atoms with Gasteiger partial charge >= 0.3 is 0 Å². The second kappa shape index (κ2) is 4.20. The van der Waals surface area contributed by atoms with E-state index in [0.717, 1.165) is 50.0 Å². The molecule has 1 aliphatic heterocycles. The van der Waals surface area contributed by atoms with Gasteiger partial charge in [0.05, 0.1) is 13.2 Å². The quantitative estimate of drug-likeness (QED) is 0.761. The predicted octanol–water partition coefficient (Wildman–Crippen LogP) is 0.383. The van der Waals surface area contributed by atoms with Crippen molar-refractivity contribution in [1.82, 2.24) is 10.6 Å². The van der Waals surface area contributed by atoms with Gasteiger partial charge in [-0.15, -0.1) is 0 Å². The van der Waals surface area contributed by atoms with Crippen molar-refractivity contribution in [2.24, 2.45) is 29.6 Å². The maximum Gasteiger partial charge on any atom is 0.223 e. The molecule has 4 nitrogen and oxygen atoms in total. The Balaban J connectivity index is 1.28. The molecule has 4 heteroatoms. The number of rotatable bonds is 3. The Morgan fingerprint density at radius 3 is 2.72 bits per heavy atom. The summed E-state index contributed by atoms with van der Waals surface area (Å²) in [5.41, 5.74) is 0. The molecular formula is C14H22N2O2. The van der Waals surface area contributed by atoms with Crippen molar-refractivity contribution in [3.8, 4) is 0 Å². The van der Waals surface area contributed by atoms with Gasteiger partial charge in [-0.1, -0.05) is 0 Å². The summed E-state index contributed by atoms with van der Waals surface area (Å²) in [6.45, 7) is 3.15. The average Bonchev–Trinajstić information content (AvgIpc) is 2.86. The molecule has 100 valence electrons. The van der Waals surface area contributed by atoms with Gasteiger partial charge in [-0.2, -0.15) is 0 Å². The van der Waals surface area contributed by atoms with E-state index in [4.69, 9.17) is 4.74 Å². The molecule has 0 aromatic heterocycles. The first-order valence-corrected chi connectivity index (χ1v) is 7.43. The van der Waals surface area contributed by atoms with Gasteiger partial charge in [-0.05, 0) is 42.9 Å². The first-order chi connectivity index (χ1) is 8.84. The van der Waals surface area contributed by atoms with Crippen LogP contribution in [-0.4, -0.2) is 38.3 Å². The van der Waals surface area contributed by atoms with Crippen molar-refractivity contribution < 1.29 is 9.53 Å². The summed E-state index contributed by atoms with van der Waals surface area (Å²) in [6.07, 6.45) is 4.18. The number of nitrogens with one attached hydrogen (secondary N) is 2. The van der Waals surface area contributed by atoms with Crippen LogP contribution in [0.3, 0.4) is 0 Å². The van der Waals surface area contributed by atoms with Crippen molar-refractivity contribution >= 4 is 5.91 Å². The number of amides is 1. The van der Waals surface area contributed by atoms with Crippen molar-refractivity contribution in [1.29, 1.82) is 0 Å². The molecule has 5 unspecified atom stereocenters. The third-order valence-corrected chi connectivity index (χ3v) is 5.56. The van der Waals surface area contributed by atoms with Crippen LogP contribution < -0.4 is 10.6 Å². The molecule has 1 amide bonds. The highest BCUT2D eigenvalue weighted by molar-refractivity contribution is 5.82. The third kappa shape index (κ3) is 1.69. The highest BCUT2D eigenvalue weighted by atomic mass is 16.5. The molecule has 1 heterocycles. The summed E-state index contributed by atoms with van der Waals surface area (Å²) in [4.78, 5) is 12.2. The van der Waals surface area contributed by atoms with E-state index in [1.807, 2.05) is 0 Å². The van der Waals surface area contributed by atoms with E-state index >= 15 is 0 Å². The lowest BCUT2D eigenvalue weighted by molar-refractivity contribution is -0.123. The zero-order chi connectivity index (χ0) is 12.1. The molecule has 0 radical (unpaired) electrons. The lowest BCUT2D eigenvalue weighted by atomic mass is 10.0. The fraction of sp³-hybridized carbons (Fsp3) is 0.929. The molecule has 3 saturated carbocycles. The molecule has 4 rings (SSSR count). The largest absolute Gasteiger partial charge is 0.378 e. The van der Waals surface area contributed by atoms with Crippen molar-refractivity contribution in [3.05, 3.63) is 0 Å². The fourth-order valence-corrected chi connectivity index (χ4v) is 4.77.